The van der Waals surface area contributed by atoms with Gasteiger partial charge < -0.3 is 4.57 Å². The smallest absolute Gasteiger partial charge is 0.223 e. The highest BCUT2D eigenvalue weighted by molar-refractivity contribution is 7.84. The van der Waals surface area contributed by atoms with Crippen molar-refractivity contribution in [3.05, 3.63) is 218 Å². The van der Waals surface area contributed by atoms with Gasteiger partial charge in [-0.3, -0.25) is 0 Å². The topological polar surface area (TPSA) is 55.7 Å². The number of hydrogen-bond donors (Lipinski definition) is 0. The van der Waals surface area contributed by atoms with Gasteiger partial charge in [0.25, 0.3) is 0 Å². The average molecular weight is 738 g/mol. The number of pyridine rings is 3. The second-order valence-electron chi connectivity index (χ2n) is 13.6. The largest absolute Gasteiger partial charge is 0.304 e. The quantitative estimate of drug-likeness (QED) is 0.138. The van der Waals surface area contributed by atoms with Crippen LogP contribution in [0.3, 0.4) is 0 Å². The minimum Gasteiger partial charge on any atom is -0.304 e. The van der Waals surface area contributed by atoms with E-state index in [4.69, 9.17) is 15.0 Å². The van der Waals surface area contributed by atoms with Gasteiger partial charge in [0.05, 0.1) is 17.1 Å². The highest BCUT2D eigenvalue weighted by Crippen LogP contribution is 2.42. The molecule has 5 heteroatoms. The molecule has 0 saturated carbocycles. The van der Waals surface area contributed by atoms with Crippen LogP contribution >= 0.6 is 7.14 Å². The van der Waals surface area contributed by atoms with Crippen molar-refractivity contribution in [2.24, 2.45) is 0 Å². The summed E-state index contributed by atoms with van der Waals surface area (Å²) < 4.78 is 16.2. The van der Waals surface area contributed by atoms with Gasteiger partial charge in [-0.05, 0) is 88.0 Å². The molecular weight excluding hydrogens is 702 g/mol. The highest BCUT2D eigenvalue weighted by atomic mass is 31.2. The maximum atomic E-state index is 16.2. The van der Waals surface area contributed by atoms with Crippen molar-refractivity contribution in [2.75, 3.05) is 0 Å². The Morgan fingerprint density at radius 2 is 0.500 bits per heavy atom. The first-order valence-electron chi connectivity index (χ1n) is 18.6. The lowest BCUT2D eigenvalue weighted by Crippen LogP contribution is -2.31. The second kappa shape index (κ2) is 15.4. The molecular formula is C51H36N3OP. The molecule has 3 heterocycles. The van der Waals surface area contributed by atoms with Crippen LogP contribution in [0.2, 0.25) is 0 Å². The van der Waals surface area contributed by atoms with E-state index in [1.54, 1.807) is 0 Å². The number of hydrogen-bond acceptors (Lipinski definition) is 4. The molecule has 0 aliphatic rings. The minimum atomic E-state index is -3.76. The summed E-state index contributed by atoms with van der Waals surface area (Å²) in [4.78, 5) is 15.5. The van der Waals surface area contributed by atoms with Crippen LogP contribution in [0.15, 0.2) is 218 Å². The molecule has 0 atom stereocenters. The zero-order valence-electron chi connectivity index (χ0n) is 30.5. The average Bonchev–Trinajstić information content (AvgIpc) is 3.30. The molecule has 0 aliphatic heterocycles. The van der Waals surface area contributed by atoms with E-state index in [9.17, 15) is 0 Å². The monoisotopic (exact) mass is 737 g/mol. The maximum Gasteiger partial charge on any atom is 0.223 e. The normalized spacial score (nSPS) is 11.3. The van der Waals surface area contributed by atoms with Crippen molar-refractivity contribution in [1.29, 1.82) is 0 Å². The predicted octanol–water partition coefficient (Wildman–Crippen LogP) is 11.5. The van der Waals surface area contributed by atoms with E-state index in [2.05, 4.69) is 72.8 Å². The molecule has 3 aromatic heterocycles. The summed E-state index contributed by atoms with van der Waals surface area (Å²) in [6, 6.07) is 73.0. The fourth-order valence-electron chi connectivity index (χ4n) is 7.10. The van der Waals surface area contributed by atoms with Gasteiger partial charge in [-0.25, -0.2) is 15.0 Å². The third-order valence-corrected chi connectivity index (χ3v) is 12.7. The third-order valence-electron chi connectivity index (χ3n) is 9.97. The first-order chi connectivity index (χ1) is 27.6. The number of rotatable bonds is 9. The van der Waals surface area contributed by atoms with Crippen LogP contribution in [0, 0.1) is 0 Å². The van der Waals surface area contributed by atoms with E-state index < -0.39 is 7.14 Å². The van der Waals surface area contributed by atoms with Crippen LogP contribution in [0.25, 0.3) is 67.2 Å². The first kappa shape index (κ1) is 34.7. The van der Waals surface area contributed by atoms with Gasteiger partial charge in [0.15, 0.2) is 0 Å². The number of nitrogens with zero attached hydrogens (tertiary/aromatic N) is 3. The molecule has 0 aliphatic carbocycles. The van der Waals surface area contributed by atoms with E-state index in [0.717, 1.165) is 67.2 Å². The van der Waals surface area contributed by atoms with Crippen LogP contribution in [-0.2, 0) is 4.57 Å². The summed E-state index contributed by atoms with van der Waals surface area (Å²) in [5.74, 6) is 0. The van der Waals surface area contributed by atoms with Crippen molar-refractivity contribution in [1.82, 2.24) is 15.0 Å². The molecule has 266 valence electrons. The van der Waals surface area contributed by atoms with E-state index in [1.165, 1.54) is 0 Å². The molecule has 0 unspecified atom stereocenters. The van der Waals surface area contributed by atoms with Crippen molar-refractivity contribution in [3.8, 4) is 67.2 Å². The van der Waals surface area contributed by atoms with Crippen molar-refractivity contribution >= 4 is 23.4 Å². The lowest BCUT2D eigenvalue weighted by molar-refractivity contribution is 0.591. The summed E-state index contributed by atoms with van der Waals surface area (Å²) in [5.41, 5.74) is 12.8. The van der Waals surface area contributed by atoms with Gasteiger partial charge in [-0.2, -0.15) is 0 Å². The van der Waals surface area contributed by atoms with Gasteiger partial charge in [0.2, 0.25) is 7.14 Å². The SMILES string of the molecule is O=P(c1cccc(-c2cccc(-c3ccccc3)c2)n1)(c1cccc(-c2cccc(-c3ccccc3)c2)n1)c1cccc(-c2cccc(-c3ccccc3)c2)n1. The summed E-state index contributed by atoms with van der Waals surface area (Å²) in [7, 11) is -3.76. The molecule has 0 saturated heterocycles. The molecule has 0 N–H and O–H groups in total. The Bertz CT molecular complexity index is 2530. The summed E-state index contributed by atoms with van der Waals surface area (Å²) in [6.45, 7) is 0. The molecule has 0 fully saturated rings. The molecule has 56 heavy (non-hydrogen) atoms. The van der Waals surface area contributed by atoms with Gasteiger partial charge in [0, 0.05) is 16.7 Å². The van der Waals surface area contributed by atoms with Crippen LogP contribution in [0.5, 0.6) is 0 Å². The molecule has 6 aromatic carbocycles. The first-order valence-corrected chi connectivity index (χ1v) is 20.3. The lowest BCUT2D eigenvalue weighted by Gasteiger charge is -2.19. The number of aromatic nitrogens is 3. The van der Waals surface area contributed by atoms with Gasteiger partial charge in [0.1, 0.15) is 16.3 Å². The standard InChI is InChI=1S/C51H36N3OP/c55-56(49-31-13-28-46(52-49)43-25-10-22-40(34-43)37-16-4-1-5-17-37,50-32-14-29-47(53-50)44-26-11-23-41(35-44)38-18-6-2-7-19-38)51-33-15-30-48(54-51)45-27-12-24-42(36-45)39-20-8-3-9-21-39/h1-36H. The zero-order valence-corrected chi connectivity index (χ0v) is 31.4. The Hall–Kier alpha value is -7.00. The Balaban J connectivity index is 1.18. The van der Waals surface area contributed by atoms with Crippen LogP contribution in [0.4, 0.5) is 0 Å². The van der Waals surface area contributed by atoms with E-state index in [1.807, 2.05) is 146 Å². The van der Waals surface area contributed by atoms with Crippen molar-refractivity contribution in [2.45, 2.75) is 0 Å². The number of benzene rings is 6. The summed E-state index contributed by atoms with van der Waals surface area (Å²) in [5, 5.41) is 0. The molecule has 0 bridgehead atoms. The molecule has 0 radical (unpaired) electrons. The summed E-state index contributed by atoms with van der Waals surface area (Å²) >= 11 is 0. The predicted molar refractivity (Wildman–Crippen MR) is 232 cm³/mol. The molecule has 4 nitrogen and oxygen atoms in total. The second-order valence-corrected chi connectivity index (χ2v) is 16.2. The Labute approximate surface area is 327 Å². The highest BCUT2D eigenvalue weighted by Gasteiger charge is 2.35. The van der Waals surface area contributed by atoms with Gasteiger partial charge in [-0.15, -0.1) is 0 Å². The van der Waals surface area contributed by atoms with E-state index in [0.29, 0.717) is 16.3 Å². The molecule has 9 rings (SSSR count). The minimum absolute atomic E-state index is 0.422. The Morgan fingerprint density at radius 3 is 0.804 bits per heavy atom. The molecule has 0 spiro atoms. The Kier molecular flexibility index (Phi) is 9.55. The van der Waals surface area contributed by atoms with Crippen LogP contribution < -0.4 is 16.3 Å². The fourth-order valence-corrected chi connectivity index (χ4v) is 9.43. The molecule has 9 aromatic rings. The van der Waals surface area contributed by atoms with Crippen LogP contribution in [0.1, 0.15) is 0 Å². The van der Waals surface area contributed by atoms with Gasteiger partial charge in [-0.1, -0.05) is 164 Å². The lowest BCUT2D eigenvalue weighted by atomic mass is 10.0. The zero-order chi connectivity index (χ0) is 37.7. The fraction of sp³-hybridized carbons (Fsp3) is 0. The van der Waals surface area contributed by atoms with Crippen molar-refractivity contribution < 1.29 is 4.57 Å². The summed E-state index contributed by atoms with van der Waals surface area (Å²) in [6.07, 6.45) is 0. The van der Waals surface area contributed by atoms with Gasteiger partial charge >= 0.3 is 0 Å². The van der Waals surface area contributed by atoms with Crippen molar-refractivity contribution in [3.63, 3.8) is 0 Å². The Morgan fingerprint density at radius 1 is 0.250 bits per heavy atom. The third kappa shape index (κ3) is 7.02. The van der Waals surface area contributed by atoms with E-state index >= 15 is 4.57 Å². The molecule has 0 amide bonds. The van der Waals surface area contributed by atoms with Crippen LogP contribution in [-0.4, -0.2) is 15.0 Å². The maximum absolute atomic E-state index is 16.2. The van der Waals surface area contributed by atoms with E-state index in [-0.39, 0.29) is 0 Å².